The molecule has 1 aliphatic heterocycles. The lowest BCUT2D eigenvalue weighted by Gasteiger charge is -2.42. The van der Waals surface area contributed by atoms with Crippen LogP contribution in [0.1, 0.15) is 36.8 Å². The summed E-state index contributed by atoms with van der Waals surface area (Å²) in [5, 5.41) is 13.0. The van der Waals surface area contributed by atoms with Crippen LogP contribution in [0.2, 0.25) is 0 Å². The smallest absolute Gasteiger partial charge is 0.234 e. The number of phenolic OH excluding ortho intramolecular Hbond substituents is 1. The molecule has 1 fully saturated rings. The van der Waals surface area contributed by atoms with Crippen LogP contribution in [0.25, 0.3) is 10.8 Å². The van der Waals surface area contributed by atoms with Gasteiger partial charge in [0.1, 0.15) is 5.75 Å². The van der Waals surface area contributed by atoms with Gasteiger partial charge >= 0.3 is 0 Å². The zero-order valence-corrected chi connectivity index (χ0v) is 22.0. The summed E-state index contributed by atoms with van der Waals surface area (Å²) in [5.74, 6) is -3.05. The van der Waals surface area contributed by atoms with Crippen LogP contribution in [0.15, 0.2) is 101 Å². The van der Waals surface area contributed by atoms with Crippen LogP contribution >= 0.6 is 0 Å². The number of hydrogen-bond acceptors (Lipinski definition) is 5. The molecule has 2 amide bonds. The number of aromatic hydroxyl groups is 1. The number of rotatable bonds is 3. The van der Waals surface area contributed by atoms with E-state index in [-0.39, 0.29) is 42.1 Å². The monoisotopic (exact) mass is 529 g/mol. The zero-order valence-electron chi connectivity index (χ0n) is 22.0. The highest BCUT2D eigenvalue weighted by Crippen LogP contribution is 2.56. The maximum Gasteiger partial charge on any atom is 0.234 e. The average Bonchev–Trinajstić information content (AvgIpc) is 3.21. The normalized spacial score (nSPS) is 26.0. The molecule has 4 unspecified atom stereocenters. The summed E-state index contributed by atoms with van der Waals surface area (Å²) in [6, 6.07) is 20.6. The van der Waals surface area contributed by atoms with E-state index in [0.717, 1.165) is 16.5 Å². The lowest BCUT2D eigenvalue weighted by atomic mass is 9.59. The van der Waals surface area contributed by atoms with Gasteiger partial charge in [-0.05, 0) is 42.7 Å². The summed E-state index contributed by atoms with van der Waals surface area (Å²) in [5.41, 5.74) is 3.38. The van der Waals surface area contributed by atoms with Crippen molar-refractivity contribution in [1.82, 2.24) is 4.90 Å². The topological polar surface area (TPSA) is 91.8 Å². The molecule has 40 heavy (non-hydrogen) atoms. The molecule has 3 aliphatic carbocycles. The number of fused-ring (bicyclic) bond motifs is 4. The molecule has 3 aromatic rings. The van der Waals surface area contributed by atoms with Gasteiger partial charge in [0.05, 0.1) is 18.4 Å². The van der Waals surface area contributed by atoms with Crippen molar-refractivity contribution in [3.05, 3.63) is 112 Å². The predicted octanol–water partition coefficient (Wildman–Crippen LogP) is 5.18. The summed E-state index contributed by atoms with van der Waals surface area (Å²) in [7, 11) is 0. The Balaban J connectivity index is 1.37. The maximum atomic E-state index is 13.9. The largest absolute Gasteiger partial charge is 0.507 e. The van der Waals surface area contributed by atoms with Crippen molar-refractivity contribution in [2.24, 2.45) is 17.8 Å². The second kappa shape index (κ2) is 8.98. The second-order valence-corrected chi connectivity index (χ2v) is 11.2. The zero-order chi connectivity index (χ0) is 27.7. The Morgan fingerprint density at radius 3 is 2.42 bits per heavy atom. The standard InChI is InChI=1S/C34H27NO5/c1-18-15-27(36)26-16-25-22(13-14-24-29(25)34(40)35(33(24)39)17-19-7-3-2-4-8-19)28(30(26)31(18)37)23-12-11-20-9-5-6-10-21(20)32(23)38/h2-13,15,24-25,28-29,38H,14,16-17H2,1H3. The maximum absolute atomic E-state index is 13.9. The van der Waals surface area contributed by atoms with E-state index in [0.29, 0.717) is 34.1 Å². The third kappa shape index (κ3) is 3.48. The van der Waals surface area contributed by atoms with Crippen LogP contribution in [-0.4, -0.2) is 33.4 Å². The number of nitrogens with zero attached hydrogens (tertiary/aromatic N) is 1. The molecule has 1 saturated heterocycles. The SMILES string of the molecule is CC1=CC(=O)C2=C(C1=O)C(c1ccc3ccccc3c1O)C1=CCC3C(=O)N(Cc4ccccc4)C(=O)C3C1C2. The van der Waals surface area contributed by atoms with E-state index in [1.165, 1.54) is 11.0 Å². The van der Waals surface area contributed by atoms with Gasteiger partial charge in [-0.15, -0.1) is 0 Å². The van der Waals surface area contributed by atoms with E-state index in [9.17, 15) is 24.3 Å². The molecule has 198 valence electrons. The number of carbonyl (C=O) groups excluding carboxylic acids is 4. The van der Waals surface area contributed by atoms with E-state index >= 15 is 0 Å². The number of Topliss-reactive ketones (excluding diaryl/α,β-unsaturated/α-hetero) is 1. The summed E-state index contributed by atoms with van der Waals surface area (Å²) in [6.45, 7) is 1.84. The van der Waals surface area contributed by atoms with Crippen molar-refractivity contribution in [3.63, 3.8) is 0 Å². The van der Waals surface area contributed by atoms with Crippen molar-refractivity contribution in [3.8, 4) is 5.75 Å². The Morgan fingerprint density at radius 2 is 1.62 bits per heavy atom. The number of carbonyl (C=O) groups is 4. The Bertz CT molecular complexity index is 1740. The molecule has 1 N–H and O–H groups in total. The summed E-state index contributed by atoms with van der Waals surface area (Å²) in [4.78, 5) is 55.7. The number of likely N-dealkylation sites (tertiary alicyclic amines) is 1. The fourth-order valence-electron chi connectivity index (χ4n) is 7.21. The number of allylic oxidation sites excluding steroid dienone is 6. The highest BCUT2D eigenvalue weighted by atomic mass is 16.3. The highest BCUT2D eigenvalue weighted by molar-refractivity contribution is 6.24. The summed E-state index contributed by atoms with van der Waals surface area (Å²) < 4.78 is 0. The van der Waals surface area contributed by atoms with Crippen LogP contribution in [0.5, 0.6) is 5.75 Å². The van der Waals surface area contributed by atoms with Crippen LogP contribution in [0, 0.1) is 17.8 Å². The van der Waals surface area contributed by atoms with Crippen molar-refractivity contribution in [2.45, 2.75) is 32.2 Å². The fourth-order valence-corrected chi connectivity index (χ4v) is 7.21. The first kappa shape index (κ1) is 24.5. The molecule has 3 aromatic carbocycles. The van der Waals surface area contributed by atoms with Gasteiger partial charge in [0, 0.05) is 33.6 Å². The number of imide groups is 1. The first-order valence-electron chi connectivity index (χ1n) is 13.6. The predicted molar refractivity (Wildman–Crippen MR) is 149 cm³/mol. The molecule has 0 spiro atoms. The van der Waals surface area contributed by atoms with Crippen molar-refractivity contribution in [2.75, 3.05) is 0 Å². The Hall–Kier alpha value is -4.58. The third-order valence-electron chi connectivity index (χ3n) is 9.08. The molecule has 6 heteroatoms. The molecule has 4 atom stereocenters. The number of ketones is 2. The fraction of sp³-hybridized carbons (Fsp3) is 0.235. The number of phenols is 1. The van der Waals surface area contributed by atoms with E-state index in [1.54, 1.807) is 6.92 Å². The second-order valence-electron chi connectivity index (χ2n) is 11.2. The van der Waals surface area contributed by atoms with Gasteiger partial charge in [0.15, 0.2) is 11.6 Å². The van der Waals surface area contributed by atoms with Gasteiger partial charge in [-0.25, -0.2) is 0 Å². The number of amides is 2. The minimum absolute atomic E-state index is 0.0607. The van der Waals surface area contributed by atoms with Gasteiger partial charge in [0.2, 0.25) is 11.8 Å². The van der Waals surface area contributed by atoms with Crippen LogP contribution in [0.3, 0.4) is 0 Å². The minimum Gasteiger partial charge on any atom is -0.507 e. The molecule has 6 nitrogen and oxygen atoms in total. The lowest BCUT2D eigenvalue weighted by Crippen LogP contribution is -2.39. The molecule has 0 saturated carbocycles. The molecule has 7 rings (SSSR count). The minimum atomic E-state index is -0.675. The Kier molecular flexibility index (Phi) is 5.49. The van der Waals surface area contributed by atoms with Crippen LogP contribution in [0.4, 0.5) is 0 Å². The first-order chi connectivity index (χ1) is 19.3. The molecule has 4 aliphatic rings. The molecule has 0 radical (unpaired) electrons. The van der Waals surface area contributed by atoms with Gasteiger partial charge in [-0.1, -0.05) is 78.4 Å². The van der Waals surface area contributed by atoms with Gasteiger partial charge in [0.25, 0.3) is 0 Å². The number of benzene rings is 3. The van der Waals surface area contributed by atoms with Gasteiger partial charge in [-0.2, -0.15) is 0 Å². The average molecular weight is 530 g/mol. The number of hydrogen-bond donors (Lipinski definition) is 1. The Morgan fingerprint density at radius 1 is 0.875 bits per heavy atom. The van der Waals surface area contributed by atoms with Crippen molar-refractivity contribution in [1.29, 1.82) is 0 Å². The van der Waals surface area contributed by atoms with Crippen molar-refractivity contribution >= 4 is 34.2 Å². The quantitative estimate of drug-likeness (QED) is 0.287. The van der Waals surface area contributed by atoms with E-state index in [1.807, 2.05) is 72.8 Å². The van der Waals surface area contributed by atoms with Gasteiger partial charge in [-0.3, -0.25) is 24.1 Å². The van der Waals surface area contributed by atoms with E-state index in [2.05, 4.69) is 0 Å². The third-order valence-corrected chi connectivity index (χ3v) is 9.08. The Labute approximate surface area is 231 Å². The van der Waals surface area contributed by atoms with E-state index < -0.39 is 23.7 Å². The molecule has 0 bridgehead atoms. The summed E-state index contributed by atoms with van der Waals surface area (Å²) in [6.07, 6.45) is 3.95. The molecule has 1 heterocycles. The van der Waals surface area contributed by atoms with Crippen LogP contribution < -0.4 is 0 Å². The van der Waals surface area contributed by atoms with Crippen LogP contribution in [-0.2, 0) is 25.7 Å². The highest BCUT2D eigenvalue weighted by Gasteiger charge is 2.56. The first-order valence-corrected chi connectivity index (χ1v) is 13.6. The van der Waals surface area contributed by atoms with E-state index in [4.69, 9.17) is 0 Å². The summed E-state index contributed by atoms with van der Waals surface area (Å²) >= 11 is 0. The van der Waals surface area contributed by atoms with Gasteiger partial charge < -0.3 is 5.11 Å². The molecular weight excluding hydrogens is 502 g/mol. The lowest BCUT2D eigenvalue weighted by molar-refractivity contribution is -0.140. The molecule has 0 aromatic heterocycles. The molecular formula is C34H27NO5. The van der Waals surface area contributed by atoms with Crippen molar-refractivity contribution < 1.29 is 24.3 Å².